The third-order valence-electron chi connectivity index (χ3n) is 3.67. The lowest BCUT2D eigenvalue weighted by Crippen LogP contribution is -2.10. The molecule has 0 aliphatic heterocycles. The van der Waals surface area contributed by atoms with Crippen molar-refractivity contribution in [3.8, 4) is 5.75 Å². The number of amides is 1. The molecule has 0 unspecified atom stereocenters. The molecule has 136 valence electrons. The van der Waals surface area contributed by atoms with Crippen molar-refractivity contribution < 1.29 is 18.7 Å². The van der Waals surface area contributed by atoms with Crippen molar-refractivity contribution in [2.75, 3.05) is 11.9 Å². The Balaban J connectivity index is 1.56. The van der Waals surface area contributed by atoms with Crippen LogP contribution in [0.1, 0.15) is 28.8 Å². The number of hydrogen-bond donors (Lipinski definition) is 1. The molecule has 3 aromatic rings. The predicted molar refractivity (Wildman–Crippen MR) is 96.0 cm³/mol. The zero-order valence-electron chi connectivity index (χ0n) is 14.8. The minimum Gasteiger partial charge on any atom is -0.485 e. The lowest BCUT2D eigenvalue weighted by Gasteiger charge is -2.06. The van der Waals surface area contributed by atoms with E-state index in [1.807, 2.05) is 38.1 Å². The van der Waals surface area contributed by atoms with Crippen molar-refractivity contribution in [2.24, 2.45) is 0 Å². The first kappa shape index (κ1) is 17.8. The highest BCUT2D eigenvalue weighted by Gasteiger charge is 2.13. The summed E-state index contributed by atoms with van der Waals surface area (Å²) in [5, 5.41) is 6.84. The Morgan fingerprint density at radius 3 is 2.92 bits per heavy atom. The molecule has 1 amide bonds. The molecule has 0 fully saturated rings. The second kappa shape index (κ2) is 8.35. The predicted octanol–water partition coefficient (Wildman–Crippen LogP) is 3.61. The summed E-state index contributed by atoms with van der Waals surface area (Å²) < 4.78 is 18.1. The summed E-state index contributed by atoms with van der Waals surface area (Å²) in [5.41, 5.74) is 1.62. The van der Waals surface area contributed by atoms with Gasteiger partial charge in [0.15, 0.2) is 5.76 Å². The standard InChI is InChI=1S/C19H21N3O4/c1-3-24-13-22-11-15(10-20-22)21-19(23)18-9-8-16(26-18)12-25-17-7-5-4-6-14(17)2/h4-11H,3,12-13H2,1-2H3,(H,21,23). The average molecular weight is 355 g/mol. The van der Waals surface area contributed by atoms with Gasteiger partial charge in [0.05, 0.1) is 18.1 Å². The lowest BCUT2D eigenvalue weighted by molar-refractivity contribution is 0.0792. The smallest absolute Gasteiger partial charge is 0.291 e. The van der Waals surface area contributed by atoms with Gasteiger partial charge < -0.3 is 19.2 Å². The largest absolute Gasteiger partial charge is 0.485 e. The number of aromatic nitrogens is 2. The molecule has 2 heterocycles. The van der Waals surface area contributed by atoms with Crippen LogP contribution in [0.2, 0.25) is 0 Å². The molecule has 0 bridgehead atoms. The first-order chi connectivity index (χ1) is 12.7. The number of rotatable bonds is 8. The van der Waals surface area contributed by atoms with Crippen molar-refractivity contribution in [2.45, 2.75) is 27.2 Å². The van der Waals surface area contributed by atoms with Crippen LogP contribution < -0.4 is 10.1 Å². The first-order valence-corrected chi connectivity index (χ1v) is 8.34. The summed E-state index contributed by atoms with van der Waals surface area (Å²) in [5.74, 6) is 1.23. The Hall–Kier alpha value is -3.06. The fourth-order valence-corrected chi connectivity index (χ4v) is 2.32. The molecule has 0 aliphatic carbocycles. The number of nitrogens with zero attached hydrogens (tertiary/aromatic N) is 2. The van der Waals surface area contributed by atoms with Gasteiger partial charge in [-0.1, -0.05) is 18.2 Å². The Bertz CT molecular complexity index is 869. The Morgan fingerprint density at radius 1 is 1.27 bits per heavy atom. The van der Waals surface area contributed by atoms with E-state index in [1.165, 1.54) is 0 Å². The van der Waals surface area contributed by atoms with Crippen LogP contribution >= 0.6 is 0 Å². The first-order valence-electron chi connectivity index (χ1n) is 8.34. The fourth-order valence-electron chi connectivity index (χ4n) is 2.32. The molecule has 7 heteroatoms. The van der Waals surface area contributed by atoms with Gasteiger partial charge in [0.1, 0.15) is 24.8 Å². The third kappa shape index (κ3) is 4.52. The average Bonchev–Trinajstić information content (AvgIpc) is 3.29. The molecule has 26 heavy (non-hydrogen) atoms. The molecular weight excluding hydrogens is 334 g/mol. The third-order valence-corrected chi connectivity index (χ3v) is 3.67. The molecule has 0 spiro atoms. The van der Waals surface area contributed by atoms with E-state index in [9.17, 15) is 4.79 Å². The van der Waals surface area contributed by atoms with Gasteiger partial charge in [-0.05, 0) is 37.6 Å². The van der Waals surface area contributed by atoms with Crippen LogP contribution in [0.25, 0.3) is 0 Å². The number of ether oxygens (including phenoxy) is 2. The van der Waals surface area contributed by atoms with Crippen LogP contribution in [0, 0.1) is 6.92 Å². The van der Waals surface area contributed by atoms with E-state index in [2.05, 4.69) is 10.4 Å². The van der Waals surface area contributed by atoms with Gasteiger partial charge in [-0.2, -0.15) is 5.10 Å². The summed E-state index contributed by atoms with van der Waals surface area (Å²) in [7, 11) is 0. The lowest BCUT2D eigenvalue weighted by atomic mass is 10.2. The molecule has 3 rings (SSSR count). The number of carbonyl (C=O) groups is 1. The maximum Gasteiger partial charge on any atom is 0.291 e. The van der Waals surface area contributed by atoms with Crippen molar-refractivity contribution >= 4 is 11.6 Å². The molecule has 1 aromatic carbocycles. The van der Waals surface area contributed by atoms with Gasteiger partial charge in [-0.25, -0.2) is 4.68 Å². The molecule has 7 nitrogen and oxygen atoms in total. The van der Waals surface area contributed by atoms with Crippen molar-refractivity contribution in [1.82, 2.24) is 9.78 Å². The summed E-state index contributed by atoms with van der Waals surface area (Å²) in [6.45, 7) is 5.07. The molecular formula is C19H21N3O4. The van der Waals surface area contributed by atoms with Crippen molar-refractivity contribution in [3.63, 3.8) is 0 Å². The Kier molecular flexibility index (Phi) is 5.70. The Morgan fingerprint density at radius 2 is 2.12 bits per heavy atom. The van der Waals surface area contributed by atoms with Crippen LogP contribution in [-0.2, 0) is 18.1 Å². The van der Waals surface area contributed by atoms with Crippen molar-refractivity contribution in [3.05, 3.63) is 65.9 Å². The van der Waals surface area contributed by atoms with E-state index >= 15 is 0 Å². The van der Waals surface area contributed by atoms with Gasteiger partial charge in [0.2, 0.25) is 0 Å². The summed E-state index contributed by atoms with van der Waals surface area (Å²) >= 11 is 0. The number of nitrogens with one attached hydrogen (secondary N) is 1. The second-order valence-electron chi connectivity index (χ2n) is 5.66. The molecule has 0 saturated carbocycles. The highest BCUT2D eigenvalue weighted by atomic mass is 16.5. The molecule has 2 aromatic heterocycles. The zero-order valence-corrected chi connectivity index (χ0v) is 14.8. The maximum absolute atomic E-state index is 12.3. The van der Waals surface area contributed by atoms with Crippen LogP contribution in [0.4, 0.5) is 5.69 Å². The van der Waals surface area contributed by atoms with Crippen LogP contribution in [0.3, 0.4) is 0 Å². The molecule has 0 atom stereocenters. The van der Waals surface area contributed by atoms with Crippen molar-refractivity contribution in [1.29, 1.82) is 0 Å². The van der Waals surface area contributed by atoms with Gasteiger partial charge in [-0.15, -0.1) is 0 Å². The van der Waals surface area contributed by atoms with E-state index in [-0.39, 0.29) is 18.3 Å². The molecule has 0 radical (unpaired) electrons. The summed E-state index contributed by atoms with van der Waals surface area (Å²) in [6.07, 6.45) is 3.25. The molecule has 0 aliphatic rings. The monoisotopic (exact) mass is 355 g/mol. The van der Waals surface area contributed by atoms with Crippen LogP contribution in [0.15, 0.2) is 53.2 Å². The minimum absolute atomic E-state index is 0.214. The normalized spacial score (nSPS) is 10.7. The summed E-state index contributed by atoms with van der Waals surface area (Å²) in [4.78, 5) is 12.3. The van der Waals surface area contributed by atoms with E-state index in [0.29, 0.717) is 24.8 Å². The second-order valence-corrected chi connectivity index (χ2v) is 5.66. The topological polar surface area (TPSA) is 78.5 Å². The van der Waals surface area contributed by atoms with E-state index < -0.39 is 0 Å². The number of anilines is 1. The number of aryl methyl sites for hydroxylation is 1. The molecule has 1 N–H and O–H groups in total. The van der Waals surface area contributed by atoms with Crippen LogP contribution in [0.5, 0.6) is 5.75 Å². The molecule has 0 saturated heterocycles. The zero-order chi connectivity index (χ0) is 18.4. The number of furan rings is 1. The quantitative estimate of drug-likeness (QED) is 0.668. The van der Waals surface area contributed by atoms with E-state index in [1.54, 1.807) is 29.2 Å². The van der Waals surface area contributed by atoms with E-state index in [0.717, 1.165) is 11.3 Å². The SMILES string of the molecule is CCOCn1cc(NC(=O)c2ccc(COc3ccccc3C)o2)cn1. The number of benzene rings is 1. The number of carbonyl (C=O) groups excluding carboxylic acids is 1. The highest BCUT2D eigenvalue weighted by Crippen LogP contribution is 2.19. The fraction of sp³-hybridized carbons (Fsp3) is 0.263. The number of hydrogen-bond acceptors (Lipinski definition) is 5. The van der Waals surface area contributed by atoms with Gasteiger partial charge in [0, 0.05) is 6.61 Å². The van der Waals surface area contributed by atoms with Crippen LogP contribution in [-0.4, -0.2) is 22.3 Å². The summed E-state index contributed by atoms with van der Waals surface area (Å²) in [6, 6.07) is 11.1. The van der Waals surface area contributed by atoms with E-state index in [4.69, 9.17) is 13.9 Å². The Labute approximate surface area is 151 Å². The minimum atomic E-state index is -0.344. The van der Waals surface area contributed by atoms with Gasteiger partial charge in [0.25, 0.3) is 5.91 Å². The van der Waals surface area contributed by atoms with Gasteiger partial charge >= 0.3 is 0 Å². The number of para-hydroxylation sites is 1. The van der Waals surface area contributed by atoms with Gasteiger partial charge in [-0.3, -0.25) is 4.79 Å². The maximum atomic E-state index is 12.3. The highest BCUT2D eigenvalue weighted by molar-refractivity contribution is 6.02.